The first-order valence-corrected chi connectivity index (χ1v) is 7.57. The van der Waals surface area contributed by atoms with Gasteiger partial charge in [0.25, 0.3) is 0 Å². The Morgan fingerprint density at radius 2 is 1.55 bits per heavy atom. The standard InChI is InChI=1S/C6H12O12P2/c7-1-2(8)5(11,18-20(15,16)17)4(10)6(12,3(1)9)19(13)14/h1-4,7-12H,(H2,15,16,17)/t1-,2-,3-,4-,5-,6-/m1/s1. The summed E-state index contributed by atoms with van der Waals surface area (Å²) in [6, 6.07) is 0. The molecule has 8 N–H and O–H groups in total. The van der Waals surface area contributed by atoms with Gasteiger partial charge in [0.2, 0.25) is 5.79 Å². The van der Waals surface area contributed by atoms with Gasteiger partial charge in [-0.05, 0) is 0 Å². The van der Waals surface area contributed by atoms with Crippen LogP contribution in [0.4, 0.5) is 0 Å². The fourth-order valence-electron chi connectivity index (χ4n) is 1.80. The first-order chi connectivity index (χ1) is 8.78. The second kappa shape index (κ2) is 5.29. The van der Waals surface area contributed by atoms with E-state index in [1.807, 2.05) is 0 Å². The van der Waals surface area contributed by atoms with Gasteiger partial charge in [-0.3, -0.25) is 0 Å². The van der Waals surface area contributed by atoms with Crippen LogP contribution in [0.3, 0.4) is 0 Å². The molecule has 7 atom stereocenters. The monoisotopic (exact) mass is 338 g/mol. The lowest BCUT2D eigenvalue weighted by molar-refractivity contribution is -0.351. The zero-order valence-corrected chi connectivity index (χ0v) is 11.2. The van der Waals surface area contributed by atoms with E-state index in [9.17, 15) is 44.7 Å². The van der Waals surface area contributed by atoms with E-state index in [1.54, 1.807) is 0 Å². The Bertz CT molecular complexity index is 449. The van der Waals surface area contributed by atoms with E-state index in [4.69, 9.17) is 9.79 Å². The quantitative estimate of drug-likeness (QED) is 0.179. The van der Waals surface area contributed by atoms with Gasteiger partial charge in [0.05, 0.1) is 0 Å². The number of hydrogen-bond acceptors (Lipinski definition) is 10. The van der Waals surface area contributed by atoms with Crippen LogP contribution in [0.15, 0.2) is 0 Å². The minimum atomic E-state index is -5.58. The van der Waals surface area contributed by atoms with Crippen LogP contribution in [0.2, 0.25) is 0 Å². The predicted octanol–water partition coefficient (Wildman–Crippen LogP) is -4.97. The zero-order chi connectivity index (χ0) is 16.1. The van der Waals surface area contributed by atoms with E-state index in [0.717, 1.165) is 0 Å². The molecule has 12 nitrogen and oxygen atoms in total. The van der Waals surface area contributed by atoms with Gasteiger partial charge in [-0.1, -0.05) is 4.57 Å². The van der Waals surface area contributed by atoms with E-state index in [1.165, 1.54) is 0 Å². The Balaban J connectivity index is 3.38. The van der Waals surface area contributed by atoms with Gasteiger partial charge in [-0.2, -0.15) is 0 Å². The molecule has 0 bridgehead atoms. The van der Waals surface area contributed by atoms with Crippen LogP contribution >= 0.6 is 15.9 Å². The average Bonchev–Trinajstić information content (AvgIpc) is 2.30. The molecule has 0 aromatic carbocycles. The van der Waals surface area contributed by atoms with E-state index in [-0.39, 0.29) is 0 Å². The molecule has 1 rings (SSSR count). The summed E-state index contributed by atoms with van der Waals surface area (Å²) in [6.45, 7) is 0. The van der Waals surface area contributed by atoms with E-state index in [0.29, 0.717) is 0 Å². The molecular formula is C6H12O12P2. The number of phosphoric ester groups is 1. The van der Waals surface area contributed by atoms with Crippen molar-refractivity contribution >= 4 is 15.9 Å². The van der Waals surface area contributed by atoms with Crippen molar-refractivity contribution in [2.45, 2.75) is 35.5 Å². The van der Waals surface area contributed by atoms with Crippen molar-refractivity contribution < 1.29 is 59.0 Å². The number of phosphoric acid groups is 1. The molecule has 1 aliphatic carbocycles. The molecule has 0 saturated heterocycles. The Morgan fingerprint density at radius 1 is 1.10 bits per heavy atom. The topological polar surface area (TPSA) is 228 Å². The lowest BCUT2D eigenvalue weighted by Gasteiger charge is -2.48. The Hall–Kier alpha value is -0.0700. The molecular weight excluding hydrogens is 326 g/mol. The van der Waals surface area contributed by atoms with Gasteiger partial charge in [0.1, 0.15) is 12.2 Å². The summed E-state index contributed by atoms with van der Waals surface area (Å²) in [6.07, 6.45) is -11.1. The van der Waals surface area contributed by atoms with Crippen molar-refractivity contribution in [3.05, 3.63) is 0 Å². The van der Waals surface area contributed by atoms with Gasteiger partial charge in [-0.25, -0.2) is 9.09 Å². The molecule has 0 amide bonds. The summed E-state index contributed by atoms with van der Waals surface area (Å²) in [7, 11) is -9.71. The summed E-state index contributed by atoms with van der Waals surface area (Å²) in [4.78, 5) is 28.0. The van der Waals surface area contributed by atoms with Crippen LogP contribution in [-0.4, -0.2) is 76.0 Å². The van der Waals surface area contributed by atoms with E-state index >= 15 is 0 Å². The first-order valence-electron chi connectivity index (χ1n) is 4.86. The lowest BCUT2D eigenvalue weighted by atomic mass is 9.81. The van der Waals surface area contributed by atoms with Crippen molar-refractivity contribution in [1.82, 2.24) is 0 Å². The fourth-order valence-corrected chi connectivity index (χ4v) is 3.14. The molecule has 0 aliphatic heterocycles. The van der Waals surface area contributed by atoms with Crippen molar-refractivity contribution in [1.29, 1.82) is 0 Å². The minimum absolute atomic E-state index is 2.59. The summed E-state index contributed by atoms with van der Waals surface area (Å²) in [5, 5.41) is 53.4. The maximum absolute atomic E-state index is 10.9. The van der Waals surface area contributed by atoms with Gasteiger partial charge in [0, 0.05) is 0 Å². The van der Waals surface area contributed by atoms with Crippen LogP contribution < -0.4 is 4.89 Å². The molecule has 20 heavy (non-hydrogen) atoms. The van der Waals surface area contributed by atoms with Gasteiger partial charge in [-0.15, -0.1) is 0 Å². The van der Waals surface area contributed by atoms with Gasteiger partial charge < -0.3 is 45.3 Å². The number of rotatable bonds is 3. The fraction of sp³-hybridized carbons (Fsp3) is 1.00. The van der Waals surface area contributed by atoms with E-state index in [2.05, 4.69) is 4.52 Å². The number of aliphatic hydroxyl groups excluding tert-OH is 4. The SMILES string of the molecule is O=[P+]([O-])[C@]1(O)[C@H](O)[C@H](O)[C@@H](O)[C@@](O)(OP(=O)(O)O)[C@H]1O. The molecule has 1 fully saturated rings. The highest BCUT2D eigenvalue weighted by atomic mass is 31.2. The molecule has 0 heterocycles. The summed E-state index contributed by atoms with van der Waals surface area (Å²) in [5.41, 5.74) is 0. The Morgan fingerprint density at radius 3 is 1.90 bits per heavy atom. The molecule has 0 aromatic heterocycles. The maximum Gasteiger partial charge on any atom is 0.472 e. The lowest BCUT2D eigenvalue weighted by Crippen LogP contribution is -2.76. The summed E-state index contributed by atoms with van der Waals surface area (Å²) < 4.78 is 25.3. The molecule has 1 unspecified atom stereocenters. The largest absolute Gasteiger partial charge is 0.593 e. The zero-order valence-electron chi connectivity index (χ0n) is 9.41. The normalized spacial score (nSPS) is 47.1. The van der Waals surface area contributed by atoms with Crippen LogP contribution in [0.1, 0.15) is 0 Å². The first kappa shape index (κ1) is 18.0. The third kappa shape index (κ3) is 2.66. The Labute approximate surface area is 111 Å². The van der Waals surface area contributed by atoms with Crippen LogP contribution in [0.25, 0.3) is 0 Å². The van der Waals surface area contributed by atoms with Gasteiger partial charge in [0.15, 0.2) is 12.2 Å². The third-order valence-electron chi connectivity index (χ3n) is 2.86. The van der Waals surface area contributed by atoms with Crippen molar-refractivity contribution in [3.8, 4) is 0 Å². The molecule has 118 valence electrons. The number of aliphatic hydroxyl groups is 6. The molecule has 14 heteroatoms. The van der Waals surface area contributed by atoms with Crippen molar-refractivity contribution in [2.75, 3.05) is 0 Å². The minimum Gasteiger partial charge on any atom is -0.593 e. The van der Waals surface area contributed by atoms with Crippen LogP contribution in [0, 0.1) is 0 Å². The maximum atomic E-state index is 10.9. The molecule has 0 aromatic rings. The molecule has 0 spiro atoms. The summed E-state index contributed by atoms with van der Waals surface area (Å²) in [5.74, 6) is -3.75. The van der Waals surface area contributed by atoms with Gasteiger partial charge >= 0.3 is 21.2 Å². The van der Waals surface area contributed by atoms with Crippen LogP contribution in [-0.2, 0) is 13.7 Å². The van der Waals surface area contributed by atoms with Crippen molar-refractivity contribution in [3.63, 3.8) is 0 Å². The molecule has 0 radical (unpaired) electrons. The predicted molar refractivity (Wildman–Crippen MR) is 54.7 cm³/mol. The van der Waals surface area contributed by atoms with Crippen LogP contribution in [0.5, 0.6) is 0 Å². The second-order valence-corrected chi connectivity index (χ2v) is 6.55. The van der Waals surface area contributed by atoms with Crippen molar-refractivity contribution in [2.24, 2.45) is 0 Å². The highest BCUT2D eigenvalue weighted by Crippen LogP contribution is 2.52. The smallest absolute Gasteiger partial charge is 0.472 e. The average molecular weight is 338 g/mol. The highest BCUT2D eigenvalue weighted by Gasteiger charge is 2.73. The number of hydrogen-bond donors (Lipinski definition) is 8. The van der Waals surface area contributed by atoms with E-state index < -0.39 is 51.4 Å². The summed E-state index contributed by atoms with van der Waals surface area (Å²) >= 11 is 0. The molecule has 1 saturated carbocycles. The molecule has 1 aliphatic rings. The Kier molecular flexibility index (Phi) is 4.75. The second-order valence-electron chi connectivity index (χ2n) is 4.16. The highest BCUT2D eigenvalue weighted by molar-refractivity contribution is 7.46. The third-order valence-corrected chi connectivity index (χ3v) is 4.48.